The van der Waals surface area contributed by atoms with E-state index in [-0.39, 0.29) is 17.4 Å². The average Bonchev–Trinajstić information content (AvgIpc) is 2.71. The molecule has 0 aliphatic rings. The summed E-state index contributed by atoms with van der Waals surface area (Å²) >= 11 is 0. The molecular formula is C24H34N2O4S. The van der Waals surface area contributed by atoms with E-state index < -0.39 is 16.1 Å². The van der Waals surface area contributed by atoms with Crippen LogP contribution in [0, 0.1) is 0 Å². The van der Waals surface area contributed by atoms with Crippen LogP contribution in [0.4, 0.5) is 5.69 Å². The van der Waals surface area contributed by atoms with E-state index in [0.29, 0.717) is 17.9 Å². The van der Waals surface area contributed by atoms with Gasteiger partial charge in [0.25, 0.3) is 5.91 Å². The van der Waals surface area contributed by atoms with E-state index in [1.807, 2.05) is 32.0 Å². The van der Waals surface area contributed by atoms with Crippen LogP contribution in [0.25, 0.3) is 0 Å². The fourth-order valence-corrected chi connectivity index (χ4v) is 4.08. The molecule has 7 heteroatoms. The highest BCUT2D eigenvalue weighted by molar-refractivity contribution is 7.92. The fraction of sp³-hybridized carbons (Fsp3) is 0.458. The summed E-state index contributed by atoms with van der Waals surface area (Å²) in [6.45, 7) is 8.25. The number of amides is 1. The number of sulfonamides is 1. The molecule has 0 aliphatic carbocycles. The second-order valence-corrected chi connectivity index (χ2v) is 10.6. The van der Waals surface area contributed by atoms with Gasteiger partial charge >= 0.3 is 0 Å². The number of carbonyl (C=O) groups is 1. The molecule has 2 rings (SSSR count). The first kappa shape index (κ1) is 24.7. The van der Waals surface area contributed by atoms with Gasteiger partial charge in [0, 0.05) is 13.1 Å². The Kier molecular flexibility index (Phi) is 8.12. The zero-order chi connectivity index (χ0) is 23.2. The van der Waals surface area contributed by atoms with Gasteiger partial charge in [0.2, 0.25) is 10.0 Å². The maximum atomic E-state index is 12.8. The third-order valence-corrected chi connectivity index (χ3v) is 6.61. The second kappa shape index (κ2) is 10.2. The Labute approximate surface area is 186 Å². The largest absolute Gasteiger partial charge is 0.481 e. The molecule has 170 valence electrons. The summed E-state index contributed by atoms with van der Waals surface area (Å²) in [4.78, 5) is 12.8. The van der Waals surface area contributed by atoms with Crippen LogP contribution in [-0.2, 0) is 20.2 Å². The molecule has 0 saturated carbocycles. The highest BCUT2D eigenvalue weighted by Crippen LogP contribution is 2.28. The lowest BCUT2D eigenvalue weighted by Crippen LogP contribution is -2.44. The van der Waals surface area contributed by atoms with Gasteiger partial charge in [0.05, 0.1) is 11.9 Å². The summed E-state index contributed by atoms with van der Waals surface area (Å²) < 4.78 is 30.4. The third-order valence-electron chi connectivity index (χ3n) is 5.40. The normalized spacial score (nSPS) is 13.9. The number of nitrogens with zero attached hydrogens (tertiary/aromatic N) is 1. The number of ether oxygens (including phenoxy) is 1. The highest BCUT2D eigenvalue weighted by Gasteiger charge is 2.26. The van der Waals surface area contributed by atoms with Gasteiger partial charge < -0.3 is 10.1 Å². The van der Waals surface area contributed by atoms with Crippen LogP contribution in [0.15, 0.2) is 54.6 Å². The van der Waals surface area contributed by atoms with Gasteiger partial charge in [-0.2, -0.15) is 0 Å². The monoisotopic (exact) mass is 446 g/mol. The summed E-state index contributed by atoms with van der Waals surface area (Å²) in [5, 5.41) is 3.08. The number of hydrogen-bond donors (Lipinski definition) is 1. The Morgan fingerprint density at radius 3 is 2.19 bits per heavy atom. The Bertz CT molecular complexity index is 957. The van der Waals surface area contributed by atoms with Gasteiger partial charge in [-0.25, -0.2) is 8.42 Å². The van der Waals surface area contributed by atoms with Crippen molar-refractivity contribution in [2.24, 2.45) is 0 Å². The first-order valence-corrected chi connectivity index (χ1v) is 12.4. The van der Waals surface area contributed by atoms with Crippen LogP contribution in [0.3, 0.4) is 0 Å². The van der Waals surface area contributed by atoms with Gasteiger partial charge in [-0.15, -0.1) is 0 Å². The fourth-order valence-electron chi connectivity index (χ4n) is 3.57. The van der Waals surface area contributed by atoms with E-state index in [2.05, 4.69) is 31.3 Å². The van der Waals surface area contributed by atoms with Crippen molar-refractivity contribution in [3.05, 3.63) is 60.2 Å². The molecule has 0 heterocycles. The summed E-state index contributed by atoms with van der Waals surface area (Å²) in [5.41, 5.74) is 1.69. The summed E-state index contributed by atoms with van der Waals surface area (Å²) in [7, 11) is -1.84. The van der Waals surface area contributed by atoms with E-state index in [9.17, 15) is 13.2 Å². The quantitative estimate of drug-likeness (QED) is 0.596. The number of nitrogens with one attached hydrogen (secondary N) is 1. The van der Waals surface area contributed by atoms with Crippen molar-refractivity contribution in [1.29, 1.82) is 0 Å². The second-order valence-electron chi connectivity index (χ2n) is 8.60. The molecule has 2 aromatic rings. The van der Waals surface area contributed by atoms with E-state index in [0.717, 1.165) is 12.7 Å². The number of carbonyl (C=O) groups excluding carboxylic acids is 1. The molecule has 0 spiro atoms. The molecule has 0 bridgehead atoms. The topological polar surface area (TPSA) is 75.7 Å². The van der Waals surface area contributed by atoms with Crippen molar-refractivity contribution in [2.45, 2.75) is 58.1 Å². The Morgan fingerprint density at radius 1 is 1.10 bits per heavy atom. The number of rotatable bonds is 10. The maximum Gasteiger partial charge on any atom is 0.261 e. The van der Waals surface area contributed by atoms with Crippen LogP contribution in [0.1, 0.15) is 46.1 Å². The van der Waals surface area contributed by atoms with Crippen LogP contribution in [0.2, 0.25) is 0 Å². The van der Waals surface area contributed by atoms with Crippen LogP contribution in [0.5, 0.6) is 5.75 Å². The molecule has 0 radical (unpaired) electrons. The lowest BCUT2D eigenvalue weighted by molar-refractivity contribution is -0.128. The smallest absolute Gasteiger partial charge is 0.261 e. The molecule has 6 nitrogen and oxygen atoms in total. The average molecular weight is 447 g/mol. The minimum absolute atomic E-state index is 0.0221. The maximum absolute atomic E-state index is 12.8. The van der Waals surface area contributed by atoms with Crippen molar-refractivity contribution in [3.63, 3.8) is 0 Å². The minimum Gasteiger partial charge on any atom is -0.481 e. The van der Waals surface area contributed by atoms with Crippen molar-refractivity contribution < 1.29 is 17.9 Å². The number of anilines is 1. The van der Waals surface area contributed by atoms with E-state index in [1.54, 1.807) is 24.3 Å². The zero-order valence-corrected chi connectivity index (χ0v) is 20.1. The highest BCUT2D eigenvalue weighted by atomic mass is 32.2. The van der Waals surface area contributed by atoms with E-state index in [1.165, 1.54) is 16.9 Å². The predicted octanol–water partition coefficient (Wildman–Crippen LogP) is 4.11. The Hall–Kier alpha value is -2.54. The lowest BCUT2D eigenvalue weighted by atomic mass is 9.79. The molecule has 0 unspecified atom stereocenters. The van der Waals surface area contributed by atoms with Crippen LogP contribution < -0.4 is 14.4 Å². The van der Waals surface area contributed by atoms with Gasteiger partial charge in [0.15, 0.2) is 6.10 Å². The van der Waals surface area contributed by atoms with Gasteiger partial charge in [-0.05, 0) is 55.0 Å². The minimum atomic E-state index is -3.33. The molecular weight excluding hydrogens is 412 g/mol. The molecule has 0 fully saturated rings. The molecule has 0 saturated heterocycles. The van der Waals surface area contributed by atoms with Crippen molar-refractivity contribution in [1.82, 2.24) is 5.32 Å². The first-order valence-electron chi connectivity index (χ1n) is 10.5. The van der Waals surface area contributed by atoms with E-state index in [4.69, 9.17) is 4.74 Å². The molecule has 2 aromatic carbocycles. The molecule has 2 atom stereocenters. The van der Waals surface area contributed by atoms with Crippen LogP contribution >= 0.6 is 0 Å². The van der Waals surface area contributed by atoms with Gasteiger partial charge in [-0.3, -0.25) is 9.10 Å². The van der Waals surface area contributed by atoms with Crippen molar-refractivity contribution >= 4 is 21.6 Å². The molecule has 1 N–H and O–H groups in total. The Morgan fingerprint density at radius 2 is 1.68 bits per heavy atom. The standard InChI is InChI=1S/C24H34N2O4S/c1-7-22(30-21-15-13-20(14-16-21)26(5)31(6,28)29)23(27)25-18(2)17-24(3,4)19-11-9-8-10-12-19/h8-16,18,22H,7,17H2,1-6H3,(H,25,27)/t18-,22-/m0/s1. The van der Waals surface area contributed by atoms with Crippen LogP contribution in [-0.4, -0.2) is 39.8 Å². The molecule has 31 heavy (non-hydrogen) atoms. The van der Waals surface area contributed by atoms with Crippen molar-refractivity contribution in [2.75, 3.05) is 17.6 Å². The van der Waals surface area contributed by atoms with Gasteiger partial charge in [0.1, 0.15) is 5.75 Å². The zero-order valence-electron chi connectivity index (χ0n) is 19.3. The molecule has 0 aromatic heterocycles. The lowest BCUT2D eigenvalue weighted by Gasteiger charge is -2.30. The number of benzene rings is 2. The number of hydrogen-bond acceptors (Lipinski definition) is 4. The van der Waals surface area contributed by atoms with Gasteiger partial charge in [-0.1, -0.05) is 51.1 Å². The molecule has 1 amide bonds. The summed E-state index contributed by atoms with van der Waals surface area (Å²) in [5.74, 6) is 0.362. The third kappa shape index (κ3) is 6.99. The molecule has 0 aliphatic heterocycles. The summed E-state index contributed by atoms with van der Waals surface area (Å²) in [6.07, 6.45) is 1.84. The van der Waals surface area contributed by atoms with E-state index >= 15 is 0 Å². The van der Waals surface area contributed by atoms with Crippen molar-refractivity contribution in [3.8, 4) is 5.75 Å². The Balaban J connectivity index is 1.98. The summed E-state index contributed by atoms with van der Waals surface area (Å²) in [6, 6.07) is 16.9. The first-order chi connectivity index (χ1) is 14.4. The predicted molar refractivity (Wildman–Crippen MR) is 126 cm³/mol. The SMILES string of the molecule is CC[C@H](Oc1ccc(N(C)S(C)(=O)=O)cc1)C(=O)N[C@@H](C)CC(C)(C)c1ccccc1.